The molecule has 194 valence electrons. The summed E-state index contributed by atoms with van der Waals surface area (Å²) in [6.07, 6.45) is 7.41. The number of carbonyl (C=O) groups is 1. The Morgan fingerprint density at radius 3 is 2.58 bits per heavy atom. The van der Waals surface area contributed by atoms with Gasteiger partial charge in [0.05, 0.1) is 35.2 Å². The minimum absolute atomic E-state index is 0.242. The molecule has 1 N–H and O–H groups in total. The highest BCUT2D eigenvalue weighted by Gasteiger charge is 2.29. The first kappa shape index (κ1) is 26.0. The van der Waals surface area contributed by atoms with Crippen LogP contribution in [0.3, 0.4) is 0 Å². The number of nitrogens with zero attached hydrogens (tertiary/aromatic N) is 3. The van der Waals surface area contributed by atoms with Crippen molar-refractivity contribution in [3.8, 4) is 11.4 Å². The van der Waals surface area contributed by atoms with Crippen molar-refractivity contribution in [2.75, 3.05) is 7.11 Å². The number of hydrogen-bond acceptors (Lipinski definition) is 4. The molecule has 5 rings (SSSR count). The van der Waals surface area contributed by atoms with Crippen LogP contribution in [0, 0.1) is 0 Å². The van der Waals surface area contributed by atoms with Gasteiger partial charge in [-0.15, -0.1) is 0 Å². The molecule has 0 saturated carbocycles. The van der Waals surface area contributed by atoms with Gasteiger partial charge >= 0.3 is 0 Å². The fraction of sp³-hybridized carbons (Fsp3) is 0.233. The molecule has 0 aliphatic heterocycles. The number of aromatic nitrogens is 3. The van der Waals surface area contributed by atoms with E-state index < -0.39 is 0 Å². The van der Waals surface area contributed by atoms with Crippen LogP contribution in [0.15, 0.2) is 66.9 Å². The van der Waals surface area contributed by atoms with Crippen LogP contribution in [-0.2, 0) is 6.42 Å². The molecule has 38 heavy (non-hydrogen) atoms. The lowest BCUT2D eigenvalue weighted by Crippen LogP contribution is -2.28. The van der Waals surface area contributed by atoms with Crippen LogP contribution in [0.1, 0.15) is 65.2 Å². The summed E-state index contributed by atoms with van der Waals surface area (Å²) in [5.41, 5.74) is 5.81. The van der Waals surface area contributed by atoms with Crippen LogP contribution < -0.4 is 10.1 Å². The second kappa shape index (κ2) is 11.4. The van der Waals surface area contributed by atoms with Crippen molar-refractivity contribution in [2.24, 2.45) is 0 Å². The maximum Gasteiger partial charge on any atom is 0.272 e. The molecular formula is C30H28Cl2N4O2. The smallest absolute Gasteiger partial charge is 0.272 e. The summed E-state index contributed by atoms with van der Waals surface area (Å²) < 4.78 is 7.12. The van der Waals surface area contributed by atoms with E-state index in [0.717, 1.165) is 59.5 Å². The van der Waals surface area contributed by atoms with Crippen LogP contribution in [0.5, 0.6) is 5.75 Å². The average Bonchev–Trinajstić information content (AvgIpc) is 3.18. The second-order valence-corrected chi connectivity index (χ2v) is 10.1. The molecular weight excluding hydrogens is 519 g/mol. The van der Waals surface area contributed by atoms with Crippen molar-refractivity contribution in [3.63, 3.8) is 0 Å². The Kier molecular flexibility index (Phi) is 7.82. The number of rotatable bonds is 6. The highest BCUT2D eigenvalue weighted by atomic mass is 35.5. The van der Waals surface area contributed by atoms with Crippen molar-refractivity contribution in [2.45, 2.75) is 38.6 Å². The van der Waals surface area contributed by atoms with E-state index in [0.29, 0.717) is 21.4 Å². The van der Waals surface area contributed by atoms with Gasteiger partial charge in [0, 0.05) is 16.8 Å². The standard InChI is InChI=1S/C30H28Cl2N4O2/c1-19(26-9-5-6-16-33-26)34-30(37)28-24-8-4-3-7-21(17-20-10-13-23(38-2)14-11-20)29(24)36(35-28)27-15-12-22(31)18-25(27)32/h5-6,9-19H,3-4,7-8H2,1-2H3,(H,34,37)/b21-17+/t19-/m1/s1. The van der Waals surface area contributed by atoms with Crippen molar-refractivity contribution in [1.82, 2.24) is 20.1 Å². The van der Waals surface area contributed by atoms with E-state index in [1.54, 1.807) is 30.1 Å². The number of allylic oxidation sites excluding steroid dienone is 1. The number of benzene rings is 2. The molecule has 0 radical (unpaired) electrons. The predicted octanol–water partition coefficient (Wildman–Crippen LogP) is 7.34. The van der Waals surface area contributed by atoms with E-state index in [2.05, 4.69) is 16.4 Å². The minimum Gasteiger partial charge on any atom is -0.497 e. The van der Waals surface area contributed by atoms with Crippen molar-refractivity contribution >= 4 is 40.8 Å². The Labute approximate surface area is 232 Å². The number of fused-ring (bicyclic) bond motifs is 1. The molecule has 0 unspecified atom stereocenters. The first-order valence-electron chi connectivity index (χ1n) is 12.6. The number of ether oxygens (including phenoxy) is 1. The Morgan fingerprint density at radius 1 is 1.08 bits per heavy atom. The van der Waals surface area contributed by atoms with Crippen LogP contribution in [0.25, 0.3) is 17.3 Å². The van der Waals surface area contributed by atoms with E-state index in [9.17, 15) is 4.79 Å². The highest BCUT2D eigenvalue weighted by Crippen LogP contribution is 2.37. The Bertz CT molecular complexity index is 1480. The predicted molar refractivity (Wildman–Crippen MR) is 152 cm³/mol. The van der Waals surface area contributed by atoms with Crippen LogP contribution in [0.2, 0.25) is 10.0 Å². The highest BCUT2D eigenvalue weighted by molar-refractivity contribution is 6.35. The lowest BCUT2D eigenvalue weighted by atomic mass is 10.0. The van der Waals surface area contributed by atoms with Crippen LogP contribution in [0.4, 0.5) is 0 Å². The van der Waals surface area contributed by atoms with Gasteiger partial charge in [0.2, 0.25) is 0 Å². The Balaban J connectivity index is 1.63. The summed E-state index contributed by atoms with van der Waals surface area (Å²) in [7, 11) is 1.65. The average molecular weight is 547 g/mol. The van der Waals surface area contributed by atoms with Gasteiger partial charge in [-0.1, -0.05) is 41.4 Å². The zero-order chi connectivity index (χ0) is 26.6. The van der Waals surface area contributed by atoms with Crippen molar-refractivity contribution in [3.05, 3.63) is 105 Å². The van der Waals surface area contributed by atoms with Gasteiger partial charge in [-0.2, -0.15) is 5.10 Å². The molecule has 2 aromatic heterocycles. The lowest BCUT2D eigenvalue weighted by molar-refractivity contribution is 0.0932. The quantitative estimate of drug-likeness (QED) is 0.257. The van der Waals surface area contributed by atoms with E-state index in [1.807, 2.05) is 55.5 Å². The number of halogens is 2. The molecule has 0 fully saturated rings. The van der Waals surface area contributed by atoms with Crippen LogP contribution >= 0.6 is 23.2 Å². The van der Waals surface area contributed by atoms with Gasteiger partial charge in [-0.25, -0.2) is 4.68 Å². The molecule has 2 aromatic carbocycles. The van der Waals surface area contributed by atoms with Gasteiger partial charge in [-0.05, 0) is 92.3 Å². The third kappa shape index (κ3) is 5.47. The fourth-order valence-corrected chi connectivity index (χ4v) is 5.26. The molecule has 2 heterocycles. The van der Waals surface area contributed by atoms with Gasteiger partial charge in [0.25, 0.3) is 5.91 Å². The molecule has 0 saturated heterocycles. The lowest BCUT2D eigenvalue weighted by Gasteiger charge is -2.13. The van der Waals surface area contributed by atoms with Gasteiger partial charge in [-0.3, -0.25) is 9.78 Å². The summed E-state index contributed by atoms with van der Waals surface area (Å²) in [6.45, 7) is 1.92. The van der Waals surface area contributed by atoms with Gasteiger partial charge in [0.15, 0.2) is 5.69 Å². The maximum atomic E-state index is 13.6. The topological polar surface area (TPSA) is 69.0 Å². The van der Waals surface area contributed by atoms with E-state index in [1.165, 1.54) is 0 Å². The number of hydrogen-bond donors (Lipinski definition) is 1. The number of nitrogens with one attached hydrogen (secondary N) is 1. The fourth-order valence-electron chi connectivity index (χ4n) is 4.78. The number of amides is 1. The summed E-state index contributed by atoms with van der Waals surface area (Å²) in [6, 6.07) is 18.6. The molecule has 1 atom stereocenters. The van der Waals surface area contributed by atoms with E-state index >= 15 is 0 Å². The SMILES string of the molecule is COc1ccc(/C=C2\CCCCc3c(C(=O)N[C@H](C)c4ccccn4)nn(-c4ccc(Cl)cc4Cl)c32)cc1. The number of carbonyl (C=O) groups excluding carboxylic acids is 1. The number of pyridine rings is 1. The molecule has 1 amide bonds. The zero-order valence-corrected chi connectivity index (χ0v) is 22.8. The minimum atomic E-state index is -0.274. The first-order chi connectivity index (χ1) is 18.4. The monoisotopic (exact) mass is 546 g/mol. The molecule has 6 nitrogen and oxygen atoms in total. The summed E-state index contributed by atoms with van der Waals surface area (Å²) in [4.78, 5) is 18.0. The summed E-state index contributed by atoms with van der Waals surface area (Å²) >= 11 is 12.9. The normalized spacial score (nSPS) is 15.0. The molecule has 1 aliphatic rings. The van der Waals surface area contributed by atoms with E-state index in [-0.39, 0.29) is 11.9 Å². The van der Waals surface area contributed by atoms with Gasteiger partial charge in [0.1, 0.15) is 5.75 Å². The maximum absolute atomic E-state index is 13.6. The Hall–Kier alpha value is -3.61. The summed E-state index contributed by atoms with van der Waals surface area (Å²) in [5, 5.41) is 8.94. The van der Waals surface area contributed by atoms with Crippen LogP contribution in [-0.4, -0.2) is 27.8 Å². The summed E-state index contributed by atoms with van der Waals surface area (Å²) in [5.74, 6) is 0.557. The molecule has 0 bridgehead atoms. The van der Waals surface area contributed by atoms with E-state index in [4.69, 9.17) is 33.0 Å². The first-order valence-corrected chi connectivity index (χ1v) is 13.3. The largest absolute Gasteiger partial charge is 0.497 e. The van der Waals surface area contributed by atoms with Crippen molar-refractivity contribution in [1.29, 1.82) is 0 Å². The van der Waals surface area contributed by atoms with Crippen molar-refractivity contribution < 1.29 is 9.53 Å². The molecule has 0 spiro atoms. The Morgan fingerprint density at radius 2 is 1.87 bits per heavy atom. The van der Waals surface area contributed by atoms with Gasteiger partial charge < -0.3 is 10.1 Å². The molecule has 4 aromatic rings. The zero-order valence-electron chi connectivity index (χ0n) is 21.2. The molecule has 8 heteroatoms. The third-order valence-corrected chi connectivity index (χ3v) is 7.24. The third-order valence-electron chi connectivity index (χ3n) is 6.70. The number of methoxy groups -OCH3 is 1. The second-order valence-electron chi connectivity index (χ2n) is 9.28. The molecule has 1 aliphatic carbocycles.